The fourth-order valence-electron chi connectivity index (χ4n) is 10.7. The van der Waals surface area contributed by atoms with E-state index in [0.29, 0.717) is 0 Å². The van der Waals surface area contributed by atoms with Crippen molar-refractivity contribution >= 4 is 38.9 Å². The van der Waals surface area contributed by atoms with Gasteiger partial charge in [-0.15, -0.1) is 0 Å². The Morgan fingerprint density at radius 2 is 0.877 bits per heavy atom. The van der Waals surface area contributed by atoms with Crippen LogP contribution in [0.2, 0.25) is 0 Å². The lowest BCUT2D eigenvalue weighted by Crippen LogP contribution is -2.16. The molecular weight excluding hydrogens is 785 g/mol. The molecule has 0 amide bonds. The third-order valence-electron chi connectivity index (χ3n) is 13.6. The minimum absolute atomic E-state index is 0.125. The van der Waals surface area contributed by atoms with Crippen LogP contribution in [0.4, 0.5) is 17.1 Å². The lowest BCUT2D eigenvalue weighted by molar-refractivity contribution is 0.662. The summed E-state index contributed by atoms with van der Waals surface area (Å²) in [5.74, 6) is 0. The van der Waals surface area contributed by atoms with E-state index in [1.54, 1.807) is 0 Å². The zero-order chi connectivity index (χ0) is 43.5. The highest BCUT2D eigenvalue weighted by Gasteiger charge is 2.37. The second-order valence-corrected chi connectivity index (χ2v) is 17.6. The average molecular weight is 831 g/mol. The molecule has 11 aromatic rings. The summed E-state index contributed by atoms with van der Waals surface area (Å²) in [5, 5.41) is 2.42. The summed E-state index contributed by atoms with van der Waals surface area (Å²) >= 11 is 0. The summed E-state index contributed by atoms with van der Waals surface area (Å²) in [6, 6.07) is 88.9. The fraction of sp³-hybridized carbons (Fsp3) is 0.0476. The maximum atomic E-state index is 2.48. The topological polar surface area (TPSA) is 8.17 Å². The number of rotatable bonds is 8. The first-order valence-electron chi connectivity index (χ1n) is 22.6. The predicted octanol–water partition coefficient (Wildman–Crippen LogP) is 17.2. The van der Waals surface area contributed by atoms with Crippen LogP contribution in [0, 0.1) is 0 Å². The third-order valence-corrected chi connectivity index (χ3v) is 13.6. The monoisotopic (exact) mass is 830 g/mol. The Morgan fingerprint density at radius 1 is 0.354 bits per heavy atom. The highest BCUT2D eigenvalue weighted by molar-refractivity contribution is 6.11. The van der Waals surface area contributed by atoms with Crippen LogP contribution in [0.1, 0.15) is 25.0 Å². The second-order valence-electron chi connectivity index (χ2n) is 17.6. The van der Waals surface area contributed by atoms with E-state index >= 15 is 0 Å². The van der Waals surface area contributed by atoms with E-state index in [9.17, 15) is 0 Å². The zero-order valence-electron chi connectivity index (χ0n) is 36.5. The Morgan fingerprint density at radius 3 is 1.63 bits per heavy atom. The lowest BCUT2D eigenvalue weighted by atomic mass is 9.79. The molecule has 1 heterocycles. The van der Waals surface area contributed by atoms with Gasteiger partial charge in [-0.3, -0.25) is 0 Å². The van der Waals surface area contributed by atoms with Crippen molar-refractivity contribution in [3.8, 4) is 61.3 Å². The minimum Gasteiger partial charge on any atom is -0.310 e. The Kier molecular flexibility index (Phi) is 9.21. The van der Waals surface area contributed by atoms with Crippen molar-refractivity contribution in [1.29, 1.82) is 0 Å². The molecule has 0 fully saturated rings. The van der Waals surface area contributed by atoms with Gasteiger partial charge in [0.1, 0.15) is 0 Å². The zero-order valence-corrected chi connectivity index (χ0v) is 36.5. The summed E-state index contributed by atoms with van der Waals surface area (Å²) in [4.78, 5) is 2.48. The summed E-state index contributed by atoms with van der Waals surface area (Å²) in [6.07, 6.45) is 0. The standard InChI is InChI=1S/C63H46N2/c1-63(2)57-33-16-14-27-52(57)55-32-18-31-51(62(55)63)45-36-38-47(39-37-45)64(48-40-41-59-56(42-48)53-28-15-17-34-58(53)65(59)46-24-10-5-11-25-46)60-35-19-30-50(44-22-8-4-9-23-44)61(60)54-29-13-12-26-49(54)43-20-6-3-7-21-43/h3-42H,1-2H3. The largest absolute Gasteiger partial charge is 0.310 e. The van der Waals surface area contributed by atoms with Gasteiger partial charge in [0.15, 0.2) is 0 Å². The Bertz CT molecular complexity index is 3550. The first-order valence-corrected chi connectivity index (χ1v) is 22.6. The smallest absolute Gasteiger partial charge is 0.0546 e. The molecule has 0 radical (unpaired) electrons. The number of anilines is 3. The Balaban J connectivity index is 1.11. The molecule has 65 heavy (non-hydrogen) atoms. The molecule has 0 unspecified atom stereocenters. The lowest BCUT2D eigenvalue weighted by Gasteiger charge is -2.30. The van der Waals surface area contributed by atoms with E-state index in [0.717, 1.165) is 22.7 Å². The van der Waals surface area contributed by atoms with E-state index in [1.165, 1.54) is 88.6 Å². The van der Waals surface area contributed by atoms with Crippen LogP contribution in [-0.2, 0) is 5.41 Å². The van der Waals surface area contributed by atoms with Crippen molar-refractivity contribution in [3.05, 3.63) is 254 Å². The van der Waals surface area contributed by atoms with Crippen molar-refractivity contribution in [2.75, 3.05) is 4.90 Å². The number of aromatic nitrogens is 1. The number of hydrogen-bond donors (Lipinski definition) is 0. The van der Waals surface area contributed by atoms with E-state index in [4.69, 9.17) is 0 Å². The van der Waals surface area contributed by atoms with Gasteiger partial charge in [-0.1, -0.05) is 202 Å². The van der Waals surface area contributed by atoms with Gasteiger partial charge < -0.3 is 9.47 Å². The van der Waals surface area contributed by atoms with E-state index < -0.39 is 0 Å². The summed E-state index contributed by atoms with van der Waals surface area (Å²) < 4.78 is 2.39. The summed E-state index contributed by atoms with van der Waals surface area (Å²) in [6.45, 7) is 4.74. The molecule has 2 nitrogen and oxygen atoms in total. The van der Waals surface area contributed by atoms with Gasteiger partial charge in [0.05, 0.1) is 16.7 Å². The molecule has 0 aliphatic heterocycles. The normalized spacial score (nSPS) is 12.6. The number of hydrogen-bond acceptors (Lipinski definition) is 1. The molecular formula is C63H46N2. The van der Waals surface area contributed by atoms with Crippen LogP contribution in [0.5, 0.6) is 0 Å². The first kappa shape index (κ1) is 38.5. The summed E-state index contributed by atoms with van der Waals surface area (Å²) in [7, 11) is 0. The molecule has 10 aromatic carbocycles. The molecule has 0 saturated heterocycles. The van der Waals surface area contributed by atoms with E-state index in [1.807, 2.05) is 0 Å². The average Bonchev–Trinajstić information content (AvgIpc) is 3.83. The highest BCUT2D eigenvalue weighted by Crippen LogP contribution is 2.53. The number of benzene rings is 10. The number of nitrogens with zero attached hydrogens (tertiary/aromatic N) is 2. The molecule has 0 spiro atoms. The van der Waals surface area contributed by atoms with Crippen LogP contribution in [0.15, 0.2) is 243 Å². The maximum Gasteiger partial charge on any atom is 0.0546 e. The number of para-hydroxylation sites is 2. The van der Waals surface area contributed by atoms with Crippen LogP contribution >= 0.6 is 0 Å². The van der Waals surface area contributed by atoms with Gasteiger partial charge in [0.2, 0.25) is 0 Å². The Labute approximate surface area is 381 Å². The number of fused-ring (bicyclic) bond motifs is 6. The van der Waals surface area contributed by atoms with Crippen LogP contribution < -0.4 is 4.90 Å². The van der Waals surface area contributed by atoms with Gasteiger partial charge in [0.25, 0.3) is 0 Å². The molecule has 12 rings (SSSR count). The molecule has 0 atom stereocenters. The van der Waals surface area contributed by atoms with E-state index in [2.05, 4.69) is 266 Å². The van der Waals surface area contributed by atoms with Gasteiger partial charge in [0, 0.05) is 38.8 Å². The van der Waals surface area contributed by atoms with Gasteiger partial charge >= 0.3 is 0 Å². The molecule has 2 heteroatoms. The van der Waals surface area contributed by atoms with Crippen molar-refractivity contribution in [3.63, 3.8) is 0 Å². The van der Waals surface area contributed by atoms with Crippen LogP contribution in [-0.4, -0.2) is 4.57 Å². The van der Waals surface area contributed by atoms with Crippen LogP contribution in [0.25, 0.3) is 83.1 Å². The molecule has 1 aliphatic rings. The van der Waals surface area contributed by atoms with Crippen molar-refractivity contribution < 1.29 is 0 Å². The molecule has 0 saturated carbocycles. The fourth-order valence-corrected chi connectivity index (χ4v) is 10.7. The third kappa shape index (κ3) is 6.32. The van der Waals surface area contributed by atoms with Gasteiger partial charge in [-0.2, -0.15) is 0 Å². The van der Waals surface area contributed by atoms with Crippen LogP contribution in [0.3, 0.4) is 0 Å². The van der Waals surface area contributed by atoms with Crippen molar-refractivity contribution in [2.45, 2.75) is 19.3 Å². The highest BCUT2D eigenvalue weighted by atomic mass is 15.1. The Hall–Kier alpha value is -8.20. The second kappa shape index (κ2) is 15.6. The van der Waals surface area contributed by atoms with Crippen molar-refractivity contribution in [2.24, 2.45) is 0 Å². The van der Waals surface area contributed by atoms with Gasteiger partial charge in [-0.05, 0) is 116 Å². The van der Waals surface area contributed by atoms with E-state index in [-0.39, 0.29) is 5.41 Å². The molecule has 1 aromatic heterocycles. The quantitative estimate of drug-likeness (QED) is 0.148. The minimum atomic E-state index is -0.125. The SMILES string of the molecule is CC1(C)c2ccccc2-c2cccc(-c3ccc(N(c4ccc5c(c4)c4ccccc4n5-c4ccccc4)c4cccc(-c5ccccc5)c4-c4ccccc4-c4ccccc4)cc3)c21. The predicted molar refractivity (Wildman–Crippen MR) is 275 cm³/mol. The van der Waals surface area contributed by atoms with Crippen molar-refractivity contribution in [1.82, 2.24) is 4.57 Å². The first-order chi connectivity index (χ1) is 32.0. The maximum absolute atomic E-state index is 2.48. The molecule has 308 valence electrons. The molecule has 0 N–H and O–H groups in total. The molecule has 0 bridgehead atoms. The summed E-state index contributed by atoms with van der Waals surface area (Å²) in [5.41, 5.74) is 21.7. The molecule has 1 aliphatic carbocycles. The van der Waals surface area contributed by atoms with Gasteiger partial charge in [-0.25, -0.2) is 0 Å².